The van der Waals surface area contributed by atoms with Gasteiger partial charge in [-0.25, -0.2) is 4.98 Å². The van der Waals surface area contributed by atoms with Crippen molar-refractivity contribution >= 4 is 27.5 Å². The number of hydrogen-bond acceptors (Lipinski definition) is 5. The third-order valence-electron chi connectivity index (χ3n) is 2.91. The lowest BCUT2D eigenvalue weighted by molar-refractivity contribution is 0.239. The number of ether oxygens (including phenoxy) is 1. The Morgan fingerprint density at radius 3 is 2.80 bits per heavy atom. The predicted molar refractivity (Wildman–Crippen MR) is 85.8 cm³/mol. The van der Waals surface area contributed by atoms with Crippen LogP contribution in [0.2, 0.25) is 0 Å². The standard InChI is InChI=1S/C15H23N3OS/c1-5-8-16-14-17-12(19-9-7-15(2,3)4)11-6-10-20-13(11)18-14/h6,10H,5,7-9H2,1-4H3,(H,16,17,18). The molecule has 0 amide bonds. The Morgan fingerprint density at radius 1 is 1.30 bits per heavy atom. The molecule has 0 spiro atoms. The average molecular weight is 293 g/mol. The van der Waals surface area contributed by atoms with Crippen molar-refractivity contribution in [3.63, 3.8) is 0 Å². The van der Waals surface area contributed by atoms with E-state index in [-0.39, 0.29) is 5.41 Å². The number of nitrogens with zero attached hydrogens (tertiary/aromatic N) is 2. The van der Waals surface area contributed by atoms with Crippen LogP contribution in [-0.2, 0) is 0 Å². The summed E-state index contributed by atoms with van der Waals surface area (Å²) in [7, 11) is 0. The van der Waals surface area contributed by atoms with Gasteiger partial charge in [0.2, 0.25) is 11.8 Å². The summed E-state index contributed by atoms with van der Waals surface area (Å²) in [5, 5.41) is 6.26. The first-order chi connectivity index (χ1) is 9.49. The highest BCUT2D eigenvalue weighted by molar-refractivity contribution is 7.16. The SMILES string of the molecule is CCCNc1nc(OCCC(C)(C)C)c2ccsc2n1. The van der Waals surface area contributed by atoms with Gasteiger partial charge in [0.05, 0.1) is 12.0 Å². The van der Waals surface area contributed by atoms with E-state index in [0.29, 0.717) is 18.4 Å². The Kier molecular flexibility index (Phi) is 4.81. The zero-order valence-corrected chi connectivity index (χ0v) is 13.5. The Bertz CT molecular complexity index is 560. The second-order valence-electron chi connectivity index (χ2n) is 6.08. The maximum Gasteiger partial charge on any atom is 0.227 e. The van der Waals surface area contributed by atoms with Gasteiger partial charge in [-0.2, -0.15) is 4.98 Å². The quantitative estimate of drug-likeness (QED) is 0.861. The molecule has 2 aromatic rings. The molecular formula is C15H23N3OS. The fraction of sp³-hybridized carbons (Fsp3) is 0.600. The molecule has 2 aromatic heterocycles. The molecule has 0 bridgehead atoms. The smallest absolute Gasteiger partial charge is 0.227 e. The molecule has 0 radical (unpaired) electrons. The molecule has 0 aliphatic carbocycles. The summed E-state index contributed by atoms with van der Waals surface area (Å²) in [4.78, 5) is 9.98. The summed E-state index contributed by atoms with van der Waals surface area (Å²) >= 11 is 1.62. The largest absolute Gasteiger partial charge is 0.477 e. The molecule has 2 heterocycles. The number of hydrogen-bond donors (Lipinski definition) is 1. The van der Waals surface area contributed by atoms with Crippen molar-refractivity contribution in [2.45, 2.75) is 40.5 Å². The Labute approximate surface area is 124 Å². The van der Waals surface area contributed by atoms with Crippen molar-refractivity contribution < 1.29 is 4.74 Å². The monoisotopic (exact) mass is 293 g/mol. The summed E-state index contributed by atoms with van der Waals surface area (Å²) in [5.74, 6) is 1.35. The van der Waals surface area contributed by atoms with E-state index in [1.54, 1.807) is 11.3 Å². The minimum absolute atomic E-state index is 0.268. The molecule has 5 heteroatoms. The van der Waals surface area contributed by atoms with Crippen molar-refractivity contribution in [2.24, 2.45) is 5.41 Å². The maximum absolute atomic E-state index is 5.89. The normalized spacial score (nSPS) is 11.8. The summed E-state index contributed by atoms with van der Waals surface area (Å²) in [5.41, 5.74) is 0.268. The fourth-order valence-electron chi connectivity index (χ4n) is 1.71. The van der Waals surface area contributed by atoms with Gasteiger partial charge in [0.25, 0.3) is 0 Å². The second-order valence-corrected chi connectivity index (χ2v) is 6.97. The van der Waals surface area contributed by atoms with Gasteiger partial charge in [0.1, 0.15) is 4.83 Å². The first-order valence-electron chi connectivity index (χ1n) is 7.11. The number of nitrogens with one attached hydrogen (secondary N) is 1. The molecule has 20 heavy (non-hydrogen) atoms. The van der Waals surface area contributed by atoms with Crippen molar-refractivity contribution in [2.75, 3.05) is 18.5 Å². The predicted octanol–water partition coefficient (Wildman–Crippen LogP) is 4.33. The first kappa shape index (κ1) is 15.0. The molecule has 0 aliphatic rings. The molecule has 110 valence electrons. The molecule has 2 rings (SSSR count). The summed E-state index contributed by atoms with van der Waals surface area (Å²) < 4.78 is 5.89. The zero-order valence-electron chi connectivity index (χ0n) is 12.7. The molecule has 0 fully saturated rings. The lowest BCUT2D eigenvalue weighted by Crippen LogP contribution is -2.12. The minimum Gasteiger partial charge on any atom is -0.477 e. The highest BCUT2D eigenvalue weighted by atomic mass is 32.1. The highest BCUT2D eigenvalue weighted by Gasteiger charge is 2.13. The molecule has 0 aliphatic heterocycles. The van der Waals surface area contributed by atoms with Crippen LogP contribution in [0.3, 0.4) is 0 Å². The molecule has 0 saturated heterocycles. The van der Waals surface area contributed by atoms with Crippen LogP contribution in [0.25, 0.3) is 10.2 Å². The number of rotatable bonds is 6. The van der Waals surface area contributed by atoms with Crippen molar-refractivity contribution in [3.8, 4) is 5.88 Å². The van der Waals surface area contributed by atoms with Crippen LogP contribution >= 0.6 is 11.3 Å². The third kappa shape index (κ3) is 4.07. The first-order valence-corrected chi connectivity index (χ1v) is 7.99. The van der Waals surface area contributed by atoms with Crippen LogP contribution in [0.5, 0.6) is 5.88 Å². The Hall–Kier alpha value is -1.36. The van der Waals surface area contributed by atoms with E-state index in [1.807, 2.05) is 11.4 Å². The molecule has 4 nitrogen and oxygen atoms in total. The molecular weight excluding hydrogens is 270 g/mol. The van der Waals surface area contributed by atoms with Crippen molar-refractivity contribution in [1.29, 1.82) is 0 Å². The van der Waals surface area contributed by atoms with Crippen molar-refractivity contribution in [3.05, 3.63) is 11.4 Å². The van der Waals surface area contributed by atoms with Gasteiger partial charge in [-0.15, -0.1) is 11.3 Å². The van der Waals surface area contributed by atoms with Crippen LogP contribution in [0.1, 0.15) is 40.5 Å². The van der Waals surface area contributed by atoms with Crippen LogP contribution < -0.4 is 10.1 Å². The van der Waals surface area contributed by atoms with E-state index in [4.69, 9.17) is 4.74 Å². The van der Waals surface area contributed by atoms with Crippen LogP contribution in [0.15, 0.2) is 11.4 Å². The van der Waals surface area contributed by atoms with Crippen LogP contribution in [-0.4, -0.2) is 23.1 Å². The molecule has 0 saturated carbocycles. The second kappa shape index (κ2) is 6.39. The van der Waals surface area contributed by atoms with E-state index in [9.17, 15) is 0 Å². The average Bonchev–Trinajstić information content (AvgIpc) is 2.83. The maximum atomic E-state index is 5.89. The van der Waals surface area contributed by atoms with Gasteiger partial charge in [-0.1, -0.05) is 27.7 Å². The van der Waals surface area contributed by atoms with E-state index in [1.165, 1.54) is 0 Å². The van der Waals surface area contributed by atoms with Crippen LogP contribution in [0, 0.1) is 5.41 Å². The van der Waals surface area contributed by atoms with E-state index in [0.717, 1.165) is 29.6 Å². The lowest BCUT2D eigenvalue weighted by atomic mass is 9.93. The van der Waals surface area contributed by atoms with Gasteiger partial charge in [0, 0.05) is 6.54 Å². The minimum atomic E-state index is 0.268. The highest BCUT2D eigenvalue weighted by Crippen LogP contribution is 2.29. The molecule has 0 unspecified atom stereocenters. The third-order valence-corrected chi connectivity index (χ3v) is 3.72. The molecule has 0 aromatic carbocycles. The zero-order chi connectivity index (χ0) is 14.6. The summed E-state index contributed by atoms with van der Waals surface area (Å²) in [6.07, 6.45) is 2.05. The van der Waals surface area contributed by atoms with Gasteiger partial charge < -0.3 is 10.1 Å². The molecule has 1 N–H and O–H groups in total. The lowest BCUT2D eigenvalue weighted by Gasteiger charge is -2.18. The number of anilines is 1. The van der Waals surface area contributed by atoms with Gasteiger partial charge in [-0.3, -0.25) is 0 Å². The van der Waals surface area contributed by atoms with E-state index in [2.05, 4.69) is 43.0 Å². The van der Waals surface area contributed by atoms with Gasteiger partial charge in [0.15, 0.2) is 0 Å². The van der Waals surface area contributed by atoms with Gasteiger partial charge in [-0.05, 0) is 29.7 Å². The fourth-order valence-corrected chi connectivity index (χ4v) is 2.46. The Balaban J connectivity index is 2.15. The Morgan fingerprint density at radius 2 is 2.10 bits per heavy atom. The van der Waals surface area contributed by atoms with Gasteiger partial charge >= 0.3 is 0 Å². The topological polar surface area (TPSA) is 47.0 Å². The van der Waals surface area contributed by atoms with Crippen molar-refractivity contribution in [1.82, 2.24) is 9.97 Å². The summed E-state index contributed by atoms with van der Waals surface area (Å²) in [6.45, 7) is 10.3. The van der Waals surface area contributed by atoms with Crippen LogP contribution in [0.4, 0.5) is 5.95 Å². The number of thiophene rings is 1. The van der Waals surface area contributed by atoms with E-state index < -0.39 is 0 Å². The van der Waals surface area contributed by atoms with E-state index >= 15 is 0 Å². The summed E-state index contributed by atoms with van der Waals surface area (Å²) in [6, 6.07) is 2.02. The molecule has 0 atom stereocenters. The number of aromatic nitrogens is 2. The number of fused-ring (bicyclic) bond motifs is 1.